The molecule has 0 bridgehead atoms. The Hall–Kier alpha value is -0.300. The molecule has 1 heteroatoms. The molecule has 1 saturated carbocycles. The van der Waals surface area contributed by atoms with Crippen LogP contribution in [0.4, 0.5) is 0 Å². The van der Waals surface area contributed by atoms with E-state index in [1.54, 1.807) is 0 Å². The minimum absolute atomic E-state index is 0.825. The smallest absolute Gasteiger partial charge is 0.0210 e. The maximum atomic E-state index is 3.56. The Kier molecular flexibility index (Phi) is 1.76. The molecule has 2 rings (SSSR count). The number of rotatable bonds is 1. The molecular weight excluding hydrogens is 200 g/mol. The summed E-state index contributed by atoms with van der Waals surface area (Å²) >= 11 is 3.56. The average Bonchev–Trinajstić information content (AvgIpc) is 2.68. The van der Waals surface area contributed by atoms with Gasteiger partial charge in [-0.15, -0.1) is 0 Å². The third-order valence-corrected chi connectivity index (χ3v) is 3.14. The van der Waals surface area contributed by atoms with Crippen LogP contribution in [0.3, 0.4) is 0 Å². The van der Waals surface area contributed by atoms with Gasteiger partial charge in [-0.05, 0) is 29.9 Å². The lowest BCUT2D eigenvalue weighted by Crippen LogP contribution is -1.81. The monoisotopic (exact) mass is 210 g/mol. The van der Waals surface area contributed by atoms with Gasteiger partial charge in [0.25, 0.3) is 0 Å². The SMILES string of the molecule is C[C@H]1C[C@H]1c1ccccc1Br. The quantitative estimate of drug-likeness (QED) is 0.666. The van der Waals surface area contributed by atoms with Gasteiger partial charge >= 0.3 is 0 Å². The lowest BCUT2D eigenvalue weighted by atomic mass is 10.1. The van der Waals surface area contributed by atoms with Gasteiger partial charge in [0.05, 0.1) is 0 Å². The van der Waals surface area contributed by atoms with Crippen molar-refractivity contribution in [3.8, 4) is 0 Å². The van der Waals surface area contributed by atoms with Crippen LogP contribution < -0.4 is 0 Å². The summed E-state index contributed by atoms with van der Waals surface area (Å²) < 4.78 is 1.27. The van der Waals surface area contributed by atoms with Gasteiger partial charge in [0.2, 0.25) is 0 Å². The van der Waals surface area contributed by atoms with E-state index in [4.69, 9.17) is 0 Å². The van der Waals surface area contributed by atoms with E-state index in [1.165, 1.54) is 16.5 Å². The largest absolute Gasteiger partial charge is 0.0619 e. The molecule has 1 aromatic carbocycles. The predicted molar refractivity (Wildman–Crippen MR) is 50.7 cm³/mol. The van der Waals surface area contributed by atoms with E-state index in [-0.39, 0.29) is 0 Å². The molecule has 0 saturated heterocycles. The van der Waals surface area contributed by atoms with Crippen LogP contribution in [0.15, 0.2) is 28.7 Å². The summed E-state index contributed by atoms with van der Waals surface area (Å²) in [6.07, 6.45) is 1.36. The first kappa shape index (κ1) is 7.35. The van der Waals surface area contributed by atoms with Gasteiger partial charge in [-0.1, -0.05) is 41.1 Å². The second-order valence-corrected chi connectivity index (χ2v) is 4.20. The molecule has 0 amide bonds. The van der Waals surface area contributed by atoms with Crippen molar-refractivity contribution in [2.75, 3.05) is 0 Å². The van der Waals surface area contributed by atoms with Crippen molar-refractivity contribution in [1.82, 2.24) is 0 Å². The highest BCUT2D eigenvalue weighted by Gasteiger charge is 2.34. The van der Waals surface area contributed by atoms with Crippen molar-refractivity contribution >= 4 is 15.9 Å². The van der Waals surface area contributed by atoms with Crippen LogP contribution in [0.1, 0.15) is 24.8 Å². The summed E-state index contributed by atoms with van der Waals surface area (Å²) in [6, 6.07) is 8.53. The first-order valence-corrected chi connectivity index (χ1v) is 4.83. The van der Waals surface area contributed by atoms with Crippen LogP contribution in [0.2, 0.25) is 0 Å². The van der Waals surface area contributed by atoms with Crippen LogP contribution in [0.25, 0.3) is 0 Å². The van der Waals surface area contributed by atoms with Gasteiger partial charge in [-0.25, -0.2) is 0 Å². The minimum atomic E-state index is 0.825. The van der Waals surface area contributed by atoms with Crippen LogP contribution in [0, 0.1) is 5.92 Å². The summed E-state index contributed by atoms with van der Waals surface area (Å²) in [4.78, 5) is 0. The van der Waals surface area contributed by atoms with E-state index >= 15 is 0 Å². The van der Waals surface area contributed by atoms with E-state index in [1.807, 2.05) is 0 Å². The summed E-state index contributed by atoms with van der Waals surface area (Å²) in [5.41, 5.74) is 1.49. The summed E-state index contributed by atoms with van der Waals surface area (Å²) in [6.45, 7) is 2.31. The minimum Gasteiger partial charge on any atom is -0.0619 e. The third-order valence-electron chi connectivity index (χ3n) is 2.41. The average molecular weight is 211 g/mol. The lowest BCUT2D eigenvalue weighted by molar-refractivity contribution is 0.911. The summed E-state index contributed by atoms with van der Waals surface area (Å²) in [5.74, 6) is 1.72. The molecule has 1 fully saturated rings. The Balaban J connectivity index is 2.31. The maximum Gasteiger partial charge on any atom is 0.0210 e. The molecule has 0 radical (unpaired) electrons. The van der Waals surface area contributed by atoms with Crippen molar-refractivity contribution in [2.45, 2.75) is 19.3 Å². The standard InChI is InChI=1S/C10H11Br/c1-7-6-9(7)8-4-2-3-5-10(8)11/h2-5,7,9H,6H2,1H3/t7-,9+/m0/s1. The molecule has 0 nitrogen and oxygen atoms in total. The highest BCUT2D eigenvalue weighted by Crippen LogP contribution is 2.48. The lowest BCUT2D eigenvalue weighted by Gasteiger charge is -2.00. The summed E-state index contributed by atoms with van der Waals surface area (Å²) in [7, 11) is 0. The van der Waals surface area contributed by atoms with Crippen molar-refractivity contribution in [3.05, 3.63) is 34.3 Å². The number of hydrogen-bond donors (Lipinski definition) is 0. The Bertz CT molecular complexity index is 267. The van der Waals surface area contributed by atoms with Crippen molar-refractivity contribution < 1.29 is 0 Å². The molecule has 1 aliphatic rings. The first-order valence-electron chi connectivity index (χ1n) is 4.03. The molecule has 0 spiro atoms. The van der Waals surface area contributed by atoms with Gasteiger partial charge in [0.15, 0.2) is 0 Å². The molecular formula is C10H11Br. The van der Waals surface area contributed by atoms with Crippen molar-refractivity contribution in [2.24, 2.45) is 5.92 Å². The van der Waals surface area contributed by atoms with Crippen molar-refractivity contribution in [1.29, 1.82) is 0 Å². The Labute approximate surface area is 75.8 Å². The van der Waals surface area contributed by atoms with Gasteiger partial charge in [0.1, 0.15) is 0 Å². The molecule has 2 atom stereocenters. The van der Waals surface area contributed by atoms with E-state index < -0.39 is 0 Å². The van der Waals surface area contributed by atoms with Crippen LogP contribution in [-0.2, 0) is 0 Å². The second-order valence-electron chi connectivity index (χ2n) is 3.34. The second kappa shape index (κ2) is 2.63. The van der Waals surface area contributed by atoms with Crippen LogP contribution in [-0.4, -0.2) is 0 Å². The molecule has 0 aromatic heterocycles. The maximum absolute atomic E-state index is 3.56. The fourth-order valence-electron chi connectivity index (χ4n) is 1.53. The molecule has 1 aromatic rings. The Morgan fingerprint density at radius 3 is 2.55 bits per heavy atom. The van der Waals surface area contributed by atoms with Gasteiger partial charge < -0.3 is 0 Å². The first-order chi connectivity index (χ1) is 5.29. The highest BCUT2D eigenvalue weighted by atomic mass is 79.9. The fraction of sp³-hybridized carbons (Fsp3) is 0.400. The van der Waals surface area contributed by atoms with Gasteiger partial charge in [-0.2, -0.15) is 0 Å². The van der Waals surface area contributed by atoms with E-state index in [9.17, 15) is 0 Å². The van der Waals surface area contributed by atoms with Gasteiger partial charge in [0, 0.05) is 4.47 Å². The Morgan fingerprint density at radius 1 is 1.36 bits per heavy atom. The van der Waals surface area contributed by atoms with Crippen molar-refractivity contribution in [3.63, 3.8) is 0 Å². The molecule has 0 unspecified atom stereocenters. The third kappa shape index (κ3) is 1.34. The van der Waals surface area contributed by atoms with Crippen LogP contribution >= 0.6 is 15.9 Å². The van der Waals surface area contributed by atoms with Gasteiger partial charge in [-0.3, -0.25) is 0 Å². The molecule has 58 valence electrons. The Morgan fingerprint density at radius 2 is 2.00 bits per heavy atom. The topological polar surface area (TPSA) is 0 Å². The zero-order chi connectivity index (χ0) is 7.84. The van der Waals surface area contributed by atoms with E-state index in [0.29, 0.717) is 0 Å². The number of hydrogen-bond acceptors (Lipinski definition) is 0. The fourth-order valence-corrected chi connectivity index (χ4v) is 2.11. The van der Waals surface area contributed by atoms with Crippen LogP contribution in [0.5, 0.6) is 0 Å². The number of halogens is 1. The summed E-state index contributed by atoms with van der Waals surface area (Å²) in [5, 5.41) is 0. The zero-order valence-electron chi connectivity index (χ0n) is 6.55. The number of benzene rings is 1. The molecule has 0 aliphatic heterocycles. The molecule has 1 aliphatic carbocycles. The normalized spacial score (nSPS) is 28.5. The molecule has 11 heavy (non-hydrogen) atoms. The highest BCUT2D eigenvalue weighted by molar-refractivity contribution is 9.10. The van der Waals surface area contributed by atoms with E-state index in [0.717, 1.165) is 11.8 Å². The molecule has 0 heterocycles. The predicted octanol–water partition coefficient (Wildman–Crippen LogP) is 3.57. The molecule has 0 N–H and O–H groups in total. The van der Waals surface area contributed by atoms with E-state index in [2.05, 4.69) is 47.1 Å². The zero-order valence-corrected chi connectivity index (χ0v) is 8.14.